The number of methoxy groups -OCH3 is 1. The van der Waals surface area contributed by atoms with Gasteiger partial charge < -0.3 is 15.0 Å². The molecule has 144 valence electrons. The molecule has 0 radical (unpaired) electrons. The Morgan fingerprint density at radius 2 is 1.93 bits per heavy atom. The smallest absolute Gasteiger partial charge is 0.251 e. The van der Waals surface area contributed by atoms with Gasteiger partial charge in [-0.2, -0.15) is 5.10 Å². The van der Waals surface area contributed by atoms with Crippen LogP contribution in [0, 0.1) is 6.92 Å². The van der Waals surface area contributed by atoms with Crippen LogP contribution in [0.5, 0.6) is 5.75 Å². The van der Waals surface area contributed by atoms with Gasteiger partial charge in [0.05, 0.1) is 12.8 Å². The van der Waals surface area contributed by atoms with E-state index in [-0.39, 0.29) is 11.9 Å². The van der Waals surface area contributed by atoms with Gasteiger partial charge in [-0.3, -0.25) is 9.89 Å². The number of hydrogen-bond donors (Lipinski definition) is 2. The number of aryl methyl sites for hydroxylation is 1. The molecule has 1 fully saturated rings. The minimum Gasteiger partial charge on any atom is -0.497 e. The van der Waals surface area contributed by atoms with E-state index in [0.29, 0.717) is 5.56 Å². The van der Waals surface area contributed by atoms with Crippen molar-refractivity contribution in [2.45, 2.75) is 19.4 Å². The van der Waals surface area contributed by atoms with E-state index in [1.807, 2.05) is 61.5 Å². The van der Waals surface area contributed by atoms with Crippen molar-refractivity contribution in [3.05, 3.63) is 65.7 Å². The lowest BCUT2D eigenvalue weighted by Crippen LogP contribution is -2.37. The molecule has 0 bridgehead atoms. The van der Waals surface area contributed by atoms with Gasteiger partial charge in [0.1, 0.15) is 5.75 Å². The third kappa shape index (κ3) is 3.86. The number of rotatable bonds is 5. The third-order valence-corrected chi connectivity index (χ3v) is 5.13. The normalized spacial score (nSPS) is 16.2. The second-order valence-corrected chi connectivity index (χ2v) is 7.14. The number of ether oxygens (including phenoxy) is 1. The number of benzene rings is 2. The van der Waals surface area contributed by atoms with Crippen LogP contribution in [0.1, 0.15) is 22.3 Å². The second kappa shape index (κ2) is 7.76. The molecule has 0 aliphatic carbocycles. The van der Waals surface area contributed by atoms with Crippen LogP contribution in [0.4, 0.5) is 5.82 Å². The van der Waals surface area contributed by atoms with Gasteiger partial charge in [-0.05, 0) is 55.3 Å². The molecule has 0 unspecified atom stereocenters. The van der Waals surface area contributed by atoms with Gasteiger partial charge in [0, 0.05) is 30.8 Å². The van der Waals surface area contributed by atoms with Gasteiger partial charge in [-0.15, -0.1) is 0 Å². The fraction of sp³-hybridized carbons (Fsp3) is 0.273. The number of aromatic nitrogens is 2. The van der Waals surface area contributed by atoms with Gasteiger partial charge in [0.15, 0.2) is 5.82 Å². The molecule has 2 N–H and O–H groups in total. The molecular formula is C22H24N4O2. The van der Waals surface area contributed by atoms with E-state index in [4.69, 9.17) is 4.74 Å². The maximum Gasteiger partial charge on any atom is 0.251 e. The molecule has 2 aromatic carbocycles. The SMILES string of the molecule is COc1ccc(-c2cc(N3CC[C@@H](NC(=O)c4ccc(C)cc4)C3)n[nH]2)cc1. The van der Waals surface area contributed by atoms with E-state index in [1.54, 1.807) is 7.11 Å². The van der Waals surface area contributed by atoms with Gasteiger partial charge in [-0.1, -0.05) is 17.7 Å². The predicted octanol–water partition coefficient (Wildman–Crippen LogP) is 3.40. The molecule has 6 nitrogen and oxygen atoms in total. The molecular weight excluding hydrogens is 352 g/mol. The van der Waals surface area contributed by atoms with Crippen molar-refractivity contribution in [2.24, 2.45) is 0 Å². The number of hydrogen-bond acceptors (Lipinski definition) is 4. The first kappa shape index (κ1) is 18.1. The maximum atomic E-state index is 12.4. The van der Waals surface area contributed by atoms with Gasteiger partial charge >= 0.3 is 0 Å². The Hall–Kier alpha value is -3.28. The largest absolute Gasteiger partial charge is 0.497 e. The molecule has 3 aromatic rings. The molecule has 2 heterocycles. The van der Waals surface area contributed by atoms with Crippen molar-refractivity contribution in [1.82, 2.24) is 15.5 Å². The molecule has 28 heavy (non-hydrogen) atoms. The lowest BCUT2D eigenvalue weighted by Gasteiger charge is -2.16. The van der Waals surface area contributed by atoms with E-state index in [9.17, 15) is 4.79 Å². The fourth-order valence-electron chi connectivity index (χ4n) is 3.45. The number of carbonyl (C=O) groups excluding carboxylic acids is 1. The second-order valence-electron chi connectivity index (χ2n) is 7.14. The molecule has 1 amide bonds. The number of carbonyl (C=O) groups is 1. The van der Waals surface area contributed by atoms with Gasteiger partial charge in [-0.25, -0.2) is 0 Å². The Balaban J connectivity index is 1.38. The first-order valence-electron chi connectivity index (χ1n) is 9.45. The monoisotopic (exact) mass is 376 g/mol. The Morgan fingerprint density at radius 3 is 2.64 bits per heavy atom. The molecule has 1 aliphatic rings. The molecule has 1 atom stereocenters. The molecule has 1 saturated heterocycles. The fourth-order valence-corrected chi connectivity index (χ4v) is 3.45. The molecule has 1 aromatic heterocycles. The van der Waals surface area contributed by atoms with Crippen LogP contribution in [0.2, 0.25) is 0 Å². The minimum atomic E-state index is -0.0206. The maximum absolute atomic E-state index is 12.4. The lowest BCUT2D eigenvalue weighted by atomic mass is 10.1. The highest BCUT2D eigenvalue weighted by Crippen LogP contribution is 2.26. The van der Waals surface area contributed by atoms with Crippen LogP contribution in [0.3, 0.4) is 0 Å². The Kier molecular flexibility index (Phi) is 5.02. The molecule has 6 heteroatoms. The number of H-pyrrole nitrogens is 1. The Morgan fingerprint density at radius 1 is 1.18 bits per heavy atom. The van der Waals surface area contributed by atoms with Crippen molar-refractivity contribution in [3.8, 4) is 17.0 Å². The standard InChI is InChI=1S/C22H24N4O2/c1-15-3-5-17(6-4-15)22(27)23-18-11-12-26(14-18)21-13-20(24-25-21)16-7-9-19(28-2)10-8-16/h3-10,13,18H,11-12,14H2,1-2H3,(H,23,27)(H,24,25)/t18-/m1/s1. The lowest BCUT2D eigenvalue weighted by molar-refractivity contribution is 0.0940. The number of amides is 1. The van der Waals surface area contributed by atoms with Crippen LogP contribution in [-0.4, -0.2) is 42.3 Å². The van der Waals surface area contributed by atoms with Crippen molar-refractivity contribution in [3.63, 3.8) is 0 Å². The summed E-state index contributed by atoms with van der Waals surface area (Å²) in [4.78, 5) is 14.6. The van der Waals surface area contributed by atoms with Crippen molar-refractivity contribution >= 4 is 11.7 Å². The molecule has 0 saturated carbocycles. The highest BCUT2D eigenvalue weighted by molar-refractivity contribution is 5.94. The zero-order chi connectivity index (χ0) is 19.5. The highest BCUT2D eigenvalue weighted by atomic mass is 16.5. The van der Waals surface area contributed by atoms with E-state index in [0.717, 1.165) is 47.9 Å². The summed E-state index contributed by atoms with van der Waals surface area (Å²) in [5.74, 6) is 1.71. The average molecular weight is 376 g/mol. The first-order valence-corrected chi connectivity index (χ1v) is 9.45. The van der Waals surface area contributed by atoms with Crippen molar-refractivity contribution < 1.29 is 9.53 Å². The summed E-state index contributed by atoms with van der Waals surface area (Å²) < 4.78 is 5.20. The Labute approximate surface area is 164 Å². The summed E-state index contributed by atoms with van der Waals surface area (Å²) in [6.07, 6.45) is 0.905. The summed E-state index contributed by atoms with van der Waals surface area (Å²) in [5.41, 5.74) is 3.87. The summed E-state index contributed by atoms with van der Waals surface area (Å²) in [6.45, 7) is 3.64. The quantitative estimate of drug-likeness (QED) is 0.716. The third-order valence-electron chi connectivity index (χ3n) is 5.13. The number of nitrogens with one attached hydrogen (secondary N) is 2. The van der Waals surface area contributed by atoms with Crippen LogP contribution < -0.4 is 15.0 Å². The Bertz CT molecular complexity index is 947. The van der Waals surface area contributed by atoms with Crippen LogP contribution in [0.25, 0.3) is 11.3 Å². The first-order chi connectivity index (χ1) is 13.6. The average Bonchev–Trinajstić information content (AvgIpc) is 3.38. The number of anilines is 1. The molecule has 1 aliphatic heterocycles. The number of aromatic amines is 1. The van der Waals surface area contributed by atoms with Crippen LogP contribution in [0.15, 0.2) is 54.6 Å². The van der Waals surface area contributed by atoms with E-state index in [1.165, 1.54) is 0 Å². The van der Waals surface area contributed by atoms with E-state index >= 15 is 0 Å². The zero-order valence-electron chi connectivity index (χ0n) is 16.1. The van der Waals surface area contributed by atoms with E-state index in [2.05, 4.69) is 20.4 Å². The summed E-state index contributed by atoms with van der Waals surface area (Å²) >= 11 is 0. The highest BCUT2D eigenvalue weighted by Gasteiger charge is 2.26. The minimum absolute atomic E-state index is 0.0206. The van der Waals surface area contributed by atoms with Crippen molar-refractivity contribution in [2.75, 3.05) is 25.1 Å². The van der Waals surface area contributed by atoms with Gasteiger partial charge in [0.2, 0.25) is 0 Å². The van der Waals surface area contributed by atoms with Crippen LogP contribution in [-0.2, 0) is 0 Å². The van der Waals surface area contributed by atoms with Crippen molar-refractivity contribution in [1.29, 1.82) is 0 Å². The van der Waals surface area contributed by atoms with Gasteiger partial charge in [0.25, 0.3) is 5.91 Å². The molecule has 4 rings (SSSR count). The van der Waals surface area contributed by atoms with E-state index < -0.39 is 0 Å². The summed E-state index contributed by atoms with van der Waals surface area (Å²) in [6, 6.07) is 17.7. The predicted molar refractivity (Wildman–Crippen MR) is 110 cm³/mol. The zero-order valence-corrected chi connectivity index (χ0v) is 16.1. The van der Waals surface area contributed by atoms with Crippen LogP contribution >= 0.6 is 0 Å². The molecule has 0 spiro atoms. The summed E-state index contributed by atoms with van der Waals surface area (Å²) in [7, 11) is 1.66. The topological polar surface area (TPSA) is 70.2 Å². The number of nitrogens with zero attached hydrogens (tertiary/aromatic N) is 2. The summed E-state index contributed by atoms with van der Waals surface area (Å²) in [5, 5.41) is 10.7.